The molecule has 0 saturated carbocycles. The van der Waals surface area contributed by atoms with Crippen molar-refractivity contribution in [3.63, 3.8) is 0 Å². The third kappa shape index (κ3) is 4.11. The van der Waals surface area contributed by atoms with E-state index >= 15 is 0 Å². The number of carbonyl (C=O) groups is 1. The van der Waals surface area contributed by atoms with Crippen LogP contribution < -0.4 is 5.32 Å². The van der Waals surface area contributed by atoms with Crippen molar-refractivity contribution in [2.24, 2.45) is 0 Å². The Balaban J connectivity index is 1.54. The molecule has 1 atom stereocenters. The lowest BCUT2D eigenvalue weighted by atomic mass is 10.1. The zero-order valence-electron chi connectivity index (χ0n) is 14.3. The van der Waals surface area contributed by atoms with Gasteiger partial charge in [-0.15, -0.1) is 0 Å². The van der Waals surface area contributed by atoms with Gasteiger partial charge >= 0.3 is 0 Å². The highest BCUT2D eigenvalue weighted by Crippen LogP contribution is 2.26. The van der Waals surface area contributed by atoms with Crippen molar-refractivity contribution in [2.75, 3.05) is 66.0 Å². The van der Waals surface area contributed by atoms with Gasteiger partial charge in [-0.2, -0.15) is 17.0 Å². The van der Waals surface area contributed by atoms with E-state index in [0.717, 1.165) is 0 Å². The largest absolute Gasteiger partial charge is 0.339 e. The Morgan fingerprint density at radius 2 is 1.52 bits per heavy atom. The molecule has 3 fully saturated rings. The molecule has 3 heterocycles. The number of hydrogen-bond donors (Lipinski definition) is 1. The van der Waals surface area contributed by atoms with Crippen molar-refractivity contribution < 1.29 is 22.0 Å². The van der Waals surface area contributed by atoms with Gasteiger partial charge in [0.25, 0.3) is 16.1 Å². The van der Waals surface area contributed by atoms with E-state index in [9.17, 15) is 22.0 Å². The van der Waals surface area contributed by atoms with Gasteiger partial charge in [0.15, 0.2) is 0 Å². The van der Waals surface area contributed by atoms with Gasteiger partial charge in [0, 0.05) is 58.8 Å². The van der Waals surface area contributed by atoms with E-state index in [4.69, 9.17) is 0 Å². The highest BCUT2D eigenvalue weighted by atomic mass is 32.2. The second-order valence-corrected chi connectivity index (χ2v) is 8.86. The number of piperazine rings is 2. The number of nitrogens with zero attached hydrogens (tertiary/aromatic N) is 4. The Kier molecular flexibility index (Phi) is 5.31. The molecule has 1 unspecified atom stereocenters. The fourth-order valence-electron chi connectivity index (χ4n) is 3.43. The number of hydrogen-bond acceptors (Lipinski definition) is 5. The summed E-state index contributed by atoms with van der Waals surface area (Å²) in [7, 11) is -1.58. The minimum Gasteiger partial charge on any atom is -0.339 e. The van der Waals surface area contributed by atoms with Gasteiger partial charge in [0.05, 0.1) is 12.6 Å². The van der Waals surface area contributed by atoms with Crippen LogP contribution in [0.4, 0.5) is 8.78 Å². The summed E-state index contributed by atoms with van der Waals surface area (Å²) in [4.78, 5) is 15.9. The fraction of sp³-hybridized carbons (Fsp3) is 0.929. The van der Waals surface area contributed by atoms with E-state index < -0.39 is 35.1 Å². The summed E-state index contributed by atoms with van der Waals surface area (Å²) in [6.45, 7) is 2.68. The molecule has 0 aromatic carbocycles. The number of carbonyl (C=O) groups excluding carboxylic acids is 1. The van der Waals surface area contributed by atoms with Crippen molar-refractivity contribution in [3.05, 3.63) is 0 Å². The Hall–Kier alpha value is -0.880. The smallest absolute Gasteiger partial charge is 0.282 e. The molecule has 3 aliphatic heterocycles. The first-order chi connectivity index (χ1) is 11.7. The molecule has 11 heteroatoms. The highest BCUT2D eigenvalue weighted by Gasteiger charge is 2.44. The topological polar surface area (TPSA) is 76.2 Å². The molecule has 25 heavy (non-hydrogen) atoms. The monoisotopic (exact) mass is 381 g/mol. The quantitative estimate of drug-likeness (QED) is 0.652. The van der Waals surface area contributed by atoms with Crippen molar-refractivity contribution in [2.45, 2.75) is 18.4 Å². The van der Waals surface area contributed by atoms with Crippen molar-refractivity contribution in [1.29, 1.82) is 0 Å². The van der Waals surface area contributed by atoms with Crippen LogP contribution in [0, 0.1) is 0 Å². The van der Waals surface area contributed by atoms with Gasteiger partial charge in [0.2, 0.25) is 5.91 Å². The zero-order chi connectivity index (χ0) is 18.2. The predicted octanol–water partition coefficient (Wildman–Crippen LogP) is -1.38. The number of amides is 1. The van der Waals surface area contributed by atoms with Crippen molar-refractivity contribution >= 4 is 16.1 Å². The summed E-state index contributed by atoms with van der Waals surface area (Å²) in [5, 5.41) is 2.56. The molecule has 0 bridgehead atoms. The molecule has 1 N–H and O–H groups in total. The summed E-state index contributed by atoms with van der Waals surface area (Å²) in [5.74, 6) is -3.22. The van der Waals surface area contributed by atoms with Crippen LogP contribution in [0.1, 0.15) is 6.42 Å². The van der Waals surface area contributed by atoms with E-state index in [1.807, 2.05) is 7.05 Å². The third-order valence-electron chi connectivity index (χ3n) is 5.07. The molecule has 3 aliphatic rings. The van der Waals surface area contributed by atoms with E-state index in [-0.39, 0.29) is 32.1 Å². The average molecular weight is 381 g/mol. The summed E-state index contributed by atoms with van der Waals surface area (Å²) in [5.41, 5.74) is 0. The minimum absolute atomic E-state index is 0.198. The van der Waals surface area contributed by atoms with E-state index in [1.165, 1.54) is 13.5 Å². The van der Waals surface area contributed by atoms with E-state index in [0.29, 0.717) is 26.2 Å². The molecule has 3 rings (SSSR count). The molecule has 144 valence electrons. The first kappa shape index (κ1) is 18.9. The van der Waals surface area contributed by atoms with Gasteiger partial charge in [-0.1, -0.05) is 0 Å². The van der Waals surface area contributed by atoms with E-state index in [2.05, 4.69) is 10.2 Å². The SMILES string of the molecule is CN1CCN(S(=O)(=O)N2CCN(C(=O)C3CC(F)(F)CN3)CC2)CC1. The fourth-order valence-corrected chi connectivity index (χ4v) is 5.01. The van der Waals surface area contributed by atoms with Crippen molar-refractivity contribution in [3.8, 4) is 0 Å². The number of alkyl halides is 2. The van der Waals surface area contributed by atoms with E-state index in [1.54, 1.807) is 0 Å². The average Bonchev–Trinajstić information content (AvgIpc) is 2.95. The standard InChI is InChI=1S/C14H25F2N5O3S/c1-18-2-6-20(7-3-18)25(23,24)21-8-4-19(5-9-21)13(22)12-10-14(15,16)11-17-12/h12,17H,2-11H2,1H3. The van der Waals surface area contributed by atoms with Gasteiger partial charge in [-0.05, 0) is 7.05 Å². The number of rotatable bonds is 3. The Labute approximate surface area is 146 Å². The van der Waals surface area contributed by atoms with Gasteiger partial charge in [-0.3, -0.25) is 10.1 Å². The lowest BCUT2D eigenvalue weighted by molar-refractivity contribution is -0.134. The van der Waals surface area contributed by atoms with Gasteiger partial charge in [-0.25, -0.2) is 8.78 Å². The number of nitrogens with one attached hydrogen (secondary N) is 1. The predicted molar refractivity (Wildman–Crippen MR) is 87.5 cm³/mol. The first-order valence-corrected chi connectivity index (χ1v) is 9.92. The van der Waals surface area contributed by atoms with Gasteiger partial charge < -0.3 is 9.80 Å². The maximum absolute atomic E-state index is 13.2. The summed E-state index contributed by atoms with van der Waals surface area (Å²) in [6.07, 6.45) is -0.494. The normalized spacial score (nSPS) is 29.9. The lowest BCUT2D eigenvalue weighted by Gasteiger charge is -2.39. The number of likely N-dealkylation sites (N-methyl/N-ethyl adjacent to an activating group) is 1. The van der Waals surface area contributed by atoms with Crippen LogP contribution in [0.3, 0.4) is 0 Å². The van der Waals surface area contributed by atoms with Gasteiger partial charge in [0.1, 0.15) is 0 Å². The maximum Gasteiger partial charge on any atom is 0.282 e. The van der Waals surface area contributed by atoms with Crippen LogP contribution in [0.15, 0.2) is 0 Å². The Bertz CT molecular complexity index is 602. The zero-order valence-corrected chi connectivity index (χ0v) is 15.1. The molecule has 0 aromatic heterocycles. The Morgan fingerprint density at radius 1 is 1.00 bits per heavy atom. The Morgan fingerprint density at radius 3 is 2.00 bits per heavy atom. The summed E-state index contributed by atoms with van der Waals surface area (Å²) < 4.78 is 54.7. The van der Waals surface area contributed by atoms with Crippen LogP contribution in [0.5, 0.6) is 0 Å². The second kappa shape index (κ2) is 7.03. The van der Waals surface area contributed by atoms with Crippen molar-refractivity contribution in [1.82, 2.24) is 23.7 Å². The molecular formula is C14H25F2N5O3S. The third-order valence-corrected chi connectivity index (χ3v) is 7.11. The van der Waals surface area contributed by atoms with Crippen LogP contribution in [-0.2, 0) is 15.0 Å². The second-order valence-electron chi connectivity index (χ2n) is 6.93. The molecule has 8 nitrogen and oxygen atoms in total. The summed E-state index contributed by atoms with van der Waals surface area (Å²) in [6, 6.07) is -0.879. The molecule has 0 spiro atoms. The molecular weight excluding hydrogens is 356 g/mol. The molecule has 0 aromatic rings. The molecule has 0 radical (unpaired) electrons. The molecule has 3 saturated heterocycles. The maximum atomic E-state index is 13.2. The number of halogens is 2. The first-order valence-electron chi connectivity index (χ1n) is 8.53. The lowest BCUT2D eigenvalue weighted by Crippen LogP contribution is -2.58. The highest BCUT2D eigenvalue weighted by molar-refractivity contribution is 7.86. The summed E-state index contributed by atoms with van der Waals surface area (Å²) >= 11 is 0. The van der Waals surface area contributed by atoms with Crippen LogP contribution in [-0.4, -0.2) is 111 Å². The van der Waals surface area contributed by atoms with Crippen LogP contribution in [0.25, 0.3) is 0 Å². The van der Waals surface area contributed by atoms with Crippen LogP contribution >= 0.6 is 0 Å². The van der Waals surface area contributed by atoms with Crippen LogP contribution in [0.2, 0.25) is 0 Å². The molecule has 1 amide bonds. The molecule has 0 aliphatic carbocycles. The minimum atomic E-state index is -3.53.